The summed E-state index contributed by atoms with van der Waals surface area (Å²) < 4.78 is 0. The number of β-amino-alcohol motifs (C(OH)–C–C–N with tert-alkyl or cyclic N) is 1. The highest BCUT2D eigenvalue weighted by Gasteiger charge is 2.26. The van der Waals surface area contributed by atoms with Crippen molar-refractivity contribution in [2.24, 2.45) is 0 Å². The summed E-state index contributed by atoms with van der Waals surface area (Å²) in [7, 11) is 0. The second kappa shape index (κ2) is 3.22. The molecule has 1 aromatic heterocycles. The fraction of sp³-hybridized carbons (Fsp3) is 0.375. The van der Waals surface area contributed by atoms with Gasteiger partial charge in [0.1, 0.15) is 0 Å². The molecule has 2 N–H and O–H groups in total. The van der Waals surface area contributed by atoms with Crippen LogP contribution in [-0.4, -0.2) is 45.3 Å². The van der Waals surface area contributed by atoms with Crippen molar-refractivity contribution < 1.29 is 15.0 Å². The number of carboxylic acids is 1. The quantitative estimate of drug-likeness (QED) is 0.652. The normalized spacial score (nSPS) is 16.5. The number of nitrogens with zero attached hydrogens (tertiary/aromatic N) is 3. The lowest BCUT2D eigenvalue weighted by molar-refractivity contribution is 0.0690. The maximum atomic E-state index is 10.6. The zero-order chi connectivity index (χ0) is 10.1. The van der Waals surface area contributed by atoms with Gasteiger partial charge >= 0.3 is 5.97 Å². The first-order valence-corrected chi connectivity index (χ1v) is 4.16. The van der Waals surface area contributed by atoms with Crippen molar-refractivity contribution in [1.29, 1.82) is 0 Å². The van der Waals surface area contributed by atoms with Crippen LogP contribution in [0.2, 0.25) is 0 Å². The maximum absolute atomic E-state index is 10.6. The van der Waals surface area contributed by atoms with Gasteiger partial charge in [-0.2, -0.15) is 0 Å². The van der Waals surface area contributed by atoms with E-state index in [2.05, 4.69) is 9.97 Å². The van der Waals surface area contributed by atoms with Gasteiger partial charge in [0.2, 0.25) is 5.95 Å². The number of aromatic carboxylic acids is 1. The monoisotopic (exact) mass is 195 g/mol. The first kappa shape index (κ1) is 8.89. The molecule has 0 amide bonds. The molecule has 0 spiro atoms. The molecule has 0 aromatic carbocycles. The minimum atomic E-state index is -1.07. The van der Waals surface area contributed by atoms with E-state index in [-0.39, 0.29) is 11.8 Å². The Morgan fingerprint density at radius 2 is 2.29 bits per heavy atom. The van der Waals surface area contributed by atoms with E-state index in [1.165, 1.54) is 12.3 Å². The van der Waals surface area contributed by atoms with Crippen LogP contribution in [0, 0.1) is 0 Å². The molecule has 14 heavy (non-hydrogen) atoms. The summed E-state index contributed by atoms with van der Waals surface area (Å²) in [6.45, 7) is 0.923. The van der Waals surface area contributed by atoms with Crippen molar-refractivity contribution in [3.63, 3.8) is 0 Å². The van der Waals surface area contributed by atoms with E-state index in [0.717, 1.165) is 0 Å². The topological polar surface area (TPSA) is 86.5 Å². The van der Waals surface area contributed by atoms with Crippen molar-refractivity contribution in [2.45, 2.75) is 6.10 Å². The van der Waals surface area contributed by atoms with E-state index in [0.29, 0.717) is 19.0 Å². The Morgan fingerprint density at radius 3 is 2.86 bits per heavy atom. The summed E-state index contributed by atoms with van der Waals surface area (Å²) in [6, 6.07) is 1.34. The molecule has 1 aromatic rings. The fourth-order valence-corrected chi connectivity index (χ4v) is 1.24. The predicted octanol–water partition coefficient (Wildman–Crippen LogP) is -0.644. The highest BCUT2D eigenvalue weighted by atomic mass is 16.4. The largest absolute Gasteiger partial charge is 0.477 e. The van der Waals surface area contributed by atoms with Crippen LogP contribution in [0.25, 0.3) is 0 Å². The number of anilines is 1. The minimum absolute atomic E-state index is 0.0311. The Labute approximate surface area is 79.8 Å². The number of carboxylic acid groups (broad SMARTS) is 1. The number of aliphatic hydroxyl groups excluding tert-OH is 1. The van der Waals surface area contributed by atoms with Gasteiger partial charge in [0.25, 0.3) is 0 Å². The number of hydrogen-bond acceptors (Lipinski definition) is 5. The highest BCUT2D eigenvalue weighted by Crippen LogP contribution is 2.15. The zero-order valence-electron chi connectivity index (χ0n) is 7.29. The minimum Gasteiger partial charge on any atom is -0.477 e. The lowest BCUT2D eigenvalue weighted by atomic mass is 10.2. The van der Waals surface area contributed by atoms with E-state index < -0.39 is 5.97 Å². The van der Waals surface area contributed by atoms with Crippen molar-refractivity contribution in [3.05, 3.63) is 18.0 Å². The molecule has 1 aliphatic heterocycles. The van der Waals surface area contributed by atoms with Crippen LogP contribution >= 0.6 is 0 Å². The number of aromatic nitrogens is 2. The first-order valence-electron chi connectivity index (χ1n) is 4.16. The Morgan fingerprint density at radius 1 is 1.57 bits per heavy atom. The van der Waals surface area contributed by atoms with Crippen LogP contribution in [0.15, 0.2) is 12.3 Å². The molecule has 0 bridgehead atoms. The van der Waals surface area contributed by atoms with E-state index in [9.17, 15) is 4.79 Å². The van der Waals surface area contributed by atoms with Crippen LogP contribution in [0.1, 0.15) is 10.5 Å². The molecule has 74 valence electrons. The molecular formula is C8H9N3O3. The molecule has 1 aliphatic rings. The van der Waals surface area contributed by atoms with Crippen LogP contribution in [0.4, 0.5) is 5.95 Å². The van der Waals surface area contributed by atoms with Gasteiger partial charge < -0.3 is 15.1 Å². The fourth-order valence-electron chi connectivity index (χ4n) is 1.24. The Hall–Kier alpha value is -1.69. The van der Waals surface area contributed by atoms with Gasteiger partial charge in [0.05, 0.1) is 6.10 Å². The van der Waals surface area contributed by atoms with E-state index >= 15 is 0 Å². The smallest absolute Gasteiger partial charge is 0.354 e. The molecule has 0 saturated carbocycles. The van der Waals surface area contributed by atoms with Crippen molar-refractivity contribution in [2.75, 3.05) is 18.0 Å². The van der Waals surface area contributed by atoms with Crippen molar-refractivity contribution in [3.8, 4) is 0 Å². The Kier molecular flexibility index (Phi) is 2.05. The highest BCUT2D eigenvalue weighted by molar-refractivity contribution is 5.85. The van der Waals surface area contributed by atoms with Gasteiger partial charge in [0, 0.05) is 19.3 Å². The standard InChI is InChI=1S/C8H9N3O3/c12-5-3-11(4-5)8-9-2-1-6(10-8)7(13)14/h1-2,5,12H,3-4H2,(H,13,14). The molecule has 0 unspecified atom stereocenters. The van der Waals surface area contributed by atoms with E-state index in [4.69, 9.17) is 10.2 Å². The number of carbonyl (C=O) groups is 1. The summed E-state index contributed by atoms with van der Waals surface area (Å²) in [5.74, 6) is -0.718. The van der Waals surface area contributed by atoms with Crippen LogP contribution in [0.3, 0.4) is 0 Å². The lowest BCUT2D eigenvalue weighted by Crippen LogP contribution is -2.51. The number of aliphatic hydroxyl groups is 1. The number of hydrogen-bond donors (Lipinski definition) is 2. The average Bonchev–Trinajstić information content (AvgIpc) is 2.13. The molecule has 0 atom stereocenters. The van der Waals surface area contributed by atoms with Crippen molar-refractivity contribution in [1.82, 2.24) is 9.97 Å². The molecule has 2 heterocycles. The second-order valence-electron chi connectivity index (χ2n) is 3.11. The van der Waals surface area contributed by atoms with Crippen molar-refractivity contribution >= 4 is 11.9 Å². The van der Waals surface area contributed by atoms with E-state index in [1.807, 2.05) is 0 Å². The SMILES string of the molecule is O=C(O)c1ccnc(N2CC(O)C2)n1. The van der Waals surface area contributed by atoms with Gasteiger partial charge in [-0.3, -0.25) is 0 Å². The molecule has 0 aliphatic carbocycles. The third-order valence-electron chi connectivity index (χ3n) is 2.01. The van der Waals surface area contributed by atoms with Gasteiger partial charge in [-0.05, 0) is 6.07 Å². The average molecular weight is 195 g/mol. The summed E-state index contributed by atoms with van der Waals surface area (Å²) in [5.41, 5.74) is -0.0311. The van der Waals surface area contributed by atoms with Gasteiger partial charge in [-0.15, -0.1) is 0 Å². The third kappa shape index (κ3) is 1.51. The lowest BCUT2D eigenvalue weighted by Gasteiger charge is -2.35. The summed E-state index contributed by atoms with van der Waals surface area (Å²) >= 11 is 0. The molecule has 0 radical (unpaired) electrons. The van der Waals surface area contributed by atoms with Crippen LogP contribution in [-0.2, 0) is 0 Å². The molecule has 6 heteroatoms. The Balaban J connectivity index is 2.18. The molecule has 1 fully saturated rings. The summed E-state index contributed by atoms with van der Waals surface area (Å²) in [6.07, 6.45) is 1.04. The second-order valence-corrected chi connectivity index (χ2v) is 3.11. The number of rotatable bonds is 2. The summed E-state index contributed by atoms with van der Waals surface area (Å²) in [5, 5.41) is 17.7. The third-order valence-corrected chi connectivity index (χ3v) is 2.01. The van der Waals surface area contributed by atoms with Gasteiger partial charge in [-0.25, -0.2) is 14.8 Å². The Bertz CT molecular complexity index is 363. The van der Waals surface area contributed by atoms with Gasteiger partial charge in [0.15, 0.2) is 5.69 Å². The molecule has 6 nitrogen and oxygen atoms in total. The molecular weight excluding hydrogens is 186 g/mol. The molecule has 2 rings (SSSR count). The molecule has 1 saturated heterocycles. The zero-order valence-corrected chi connectivity index (χ0v) is 7.29. The van der Waals surface area contributed by atoms with Crippen LogP contribution < -0.4 is 4.90 Å². The van der Waals surface area contributed by atoms with E-state index in [1.54, 1.807) is 4.90 Å². The maximum Gasteiger partial charge on any atom is 0.354 e. The first-order chi connectivity index (χ1) is 6.66. The summed E-state index contributed by atoms with van der Waals surface area (Å²) in [4.78, 5) is 20.1. The van der Waals surface area contributed by atoms with Gasteiger partial charge in [-0.1, -0.05) is 0 Å². The van der Waals surface area contributed by atoms with Crippen LogP contribution in [0.5, 0.6) is 0 Å². The predicted molar refractivity (Wildman–Crippen MR) is 47.2 cm³/mol.